The lowest BCUT2D eigenvalue weighted by molar-refractivity contribution is -0.138. The molecule has 0 fully saturated rings. The van der Waals surface area contributed by atoms with Crippen LogP contribution in [0.3, 0.4) is 0 Å². The average Bonchev–Trinajstić information content (AvgIpc) is 4.09. The van der Waals surface area contributed by atoms with Gasteiger partial charge in [0.05, 0.1) is 68.8 Å². The van der Waals surface area contributed by atoms with E-state index < -0.39 is 57.2 Å². The SMILES string of the molecule is Cc1nn(C)c2ncnc(C(=O)NCc3ncc(C(=O)Nc4cc(C(F)(F)F)c(Cl)cn4)s3)c12.Cc1nn(C)c2ncnc(C(=O)NCc3ncc(C(=O)Nc4cc(C(F)(F)F)c(Cl)cn4)s3)c12. The zero-order valence-corrected chi connectivity index (χ0v) is 38.0. The van der Waals surface area contributed by atoms with E-state index in [1.165, 1.54) is 25.0 Å². The largest absolute Gasteiger partial charge is 0.418 e. The minimum absolute atomic E-state index is 0.000989. The monoisotopic (exact) mass is 1020 g/mol. The highest BCUT2D eigenvalue weighted by Crippen LogP contribution is 2.37. The van der Waals surface area contributed by atoms with E-state index in [-0.39, 0.29) is 45.9 Å². The van der Waals surface area contributed by atoms with Crippen molar-refractivity contribution >= 4 is 103 Å². The Balaban J connectivity index is 0.000000201. The van der Waals surface area contributed by atoms with Gasteiger partial charge in [0.2, 0.25) is 0 Å². The first-order valence-corrected chi connectivity index (χ1v) is 21.3. The van der Waals surface area contributed by atoms with Crippen molar-refractivity contribution in [3.05, 3.63) is 113 Å². The fourth-order valence-electron chi connectivity index (χ4n) is 6.18. The first-order valence-electron chi connectivity index (χ1n) is 18.9. The molecule has 0 aromatic carbocycles. The van der Waals surface area contributed by atoms with Gasteiger partial charge in [-0.25, -0.2) is 39.9 Å². The van der Waals surface area contributed by atoms with E-state index in [9.17, 15) is 45.5 Å². The Morgan fingerprint density at radius 2 is 0.956 bits per heavy atom. The van der Waals surface area contributed by atoms with Gasteiger partial charge < -0.3 is 21.3 Å². The summed E-state index contributed by atoms with van der Waals surface area (Å²) in [4.78, 5) is 82.3. The minimum atomic E-state index is -4.70. The molecular formula is C38H28Cl2F6N16O4S2. The molecule has 30 heteroatoms. The number of alkyl halides is 6. The zero-order valence-electron chi connectivity index (χ0n) is 34.9. The number of rotatable bonds is 10. The van der Waals surface area contributed by atoms with Crippen LogP contribution in [0.15, 0.2) is 49.6 Å². The number of anilines is 2. The molecule has 0 aliphatic heterocycles. The van der Waals surface area contributed by atoms with Gasteiger partial charge in [-0.3, -0.25) is 28.5 Å². The maximum absolute atomic E-state index is 13.0. The molecule has 0 spiro atoms. The number of thiazole rings is 2. The van der Waals surface area contributed by atoms with Crippen LogP contribution in [0, 0.1) is 13.8 Å². The highest BCUT2D eigenvalue weighted by atomic mass is 35.5. The second-order valence-corrected chi connectivity index (χ2v) is 16.9. The number of nitrogens with zero attached hydrogens (tertiary/aromatic N) is 12. The Kier molecular flexibility index (Phi) is 13.9. The highest BCUT2D eigenvalue weighted by Gasteiger charge is 2.35. The maximum atomic E-state index is 13.0. The third-order valence-corrected chi connectivity index (χ3v) is 11.8. The fourth-order valence-corrected chi connectivity index (χ4v) is 8.10. The van der Waals surface area contributed by atoms with Crippen molar-refractivity contribution in [3.63, 3.8) is 0 Å². The van der Waals surface area contributed by atoms with E-state index in [1.807, 2.05) is 0 Å². The third kappa shape index (κ3) is 10.8. The number of aromatic nitrogens is 12. The van der Waals surface area contributed by atoms with Crippen LogP contribution in [-0.4, -0.2) is 83.1 Å². The Hall–Kier alpha value is -7.30. The Morgan fingerprint density at radius 3 is 1.32 bits per heavy atom. The van der Waals surface area contributed by atoms with Crippen LogP contribution in [0.2, 0.25) is 10.0 Å². The number of amides is 4. The van der Waals surface area contributed by atoms with Crippen LogP contribution >= 0.6 is 45.9 Å². The summed E-state index contributed by atoms with van der Waals surface area (Å²) < 4.78 is 81.1. The number of hydrogen-bond donors (Lipinski definition) is 4. The third-order valence-electron chi connectivity index (χ3n) is 9.18. The second-order valence-electron chi connectivity index (χ2n) is 13.9. The first-order chi connectivity index (χ1) is 32.1. The molecule has 4 amide bonds. The van der Waals surface area contributed by atoms with Crippen LogP contribution < -0.4 is 21.3 Å². The Morgan fingerprint density at radius 1 is 0.574 bits per heavy atom. The zero-order chi connectivity index (χ0) is 49.2. The fraction of sp³-hybridized carbons (Fsp3) is 0.211. The Labute approximate surface area is 394 Å². The summed E-state index contributed by atoms with van der Waals surface area (Å²) >= 11 is 13.0. The normalized spacial score (nSPS) is 11.6. The predicted molar refractivity (Wildman–Crippen MR) is 233 cm³/mol. The summed E-state index contributed by atoms with van der Waals surface area (Å²) in [7, 11) is 3.41. The number of carbonyl (C=O) groups excluding carboxylic acids is 4. The number of pyridine rings is 2. The predicted octanol–water partition coefficient (Wildman–Crippen LogP) is 6.76. The topological polar surface area (TPSA) is 255 Å². The summed E-state index contributed by atoms with van der Waals surface area (Å²) in [6.45, 7) is 3.47. The molecule has 0 saturated heterocycles. The second kappa shape index (κ2) is 19.5. The molecule has 0 aliphatic carbocycles. The van der Waals surface area contributed by atoms with Crippen molar-refractivity contribution in [2.45, 2.75) is 39.3 Å². The molecule has 8 rings (SSSR count). The minimum Gasteiger partial charge on any atom is -0.344 e. The molecule has 0 aliphatic rings. The van der Waals surface area contributed by atoms with Crippen LogP contribution in [-0.2, 0) is 39.5 Å². The number of aryl methyl sites for hydroxylation is 4. The van der Waals surface area contributed by atoms with Crippen molar-refractivity contribution in [1.29, 1.82) is 0 Å². The molecule has 0 saturated carbocycles. The molecule has 352 valence electrons. The van der Waals surface area contributed by atoms with Crippen LogP contribution in [0.25, 0.3) is 22.1 Å². The molecule has 8 aromatic heterocycles. The van der Waals surface area contributed by atoms with Crippen LogP contribution in [0.5, 0.6) is 0 Å². The molecule has 0 atom stereocenters. The van der Waals surface area contributed by atoms with Crippen LogP contribution in [0.1, 0.15) is 72.9 Å². The molecule has 0 radical (unpaired) electrons. The molecule has 0 bridgehead atoms. The lowest BCUT2D eigenvalue weighted by Gasteiger charge is -2.10. The standard InChI is InChI=1S/2C19H14ClF3N8O2S/c2*1-8-14-15(27-7-28-16(14)31(2)30-8)18(33)26-6-13-25-5-11(34-13)17(32)29-12-3-9(19(21,22)23)10(20)4-24-12/h2*3-5,7H,6H2,1-2H3,(H,26,33)(H,24,29,32). The number of hydrogen-bond acceptors (Lipinski definition) is 16. The van der Waals surface area contributed by atoms with Crippen molar-refractivity contribution in [1.82, 2.24) is 70.1 Å². The summed E-state index contributed by atoms with van der Waals surface area (Å²) in [5, 5.41) is 19.1. The number of nitrogens with one attached hydrogen (secondary N) is 4. The van der Waals surface area contributed by atoms with Gasteiger partial charge in [-0.15, -0.1) is 22.7 Å². The maximum Gasteiger partial charge on any atom is 0.418 e. The van der Waals surface area contributed by atoms with Crippen molar-refractivity contribution in [3.8, 4) is 0 Å². The van der Waals surface area contributed by atoms with E-state index in [4.69, 9.17) is 23.2 Å². The van der Waals surface area contributed by atoms with Gasteiger partial charge in [-0.1, -0.05) is 23.2 Å². The lowest BCUT2D eigenvalue weighted by atomic mass is 10.2. The van der Waals surface area contributed by atoms with E-state index in [2.05, 4.69) is 71.3 Å². The van der Waals surface area contributed by atoms with Gasteiger partial charge >= 0.3 is 12.4 Å². The molecule has 0 unspecified atom stereocenters. The van der Waals surface area contributed by atoms with Gasteiger partial charge in [0.25, 0.3) is 23.6 Å². The smallest absolute Gasteiger partial charge is 0.344 e. The molecule has 20 nitrogen and oxygen atoms in total. The summed E-state index contributed by atoms with van der Waals surface area (Å²) in [5.41, 5.74) is 0.288. The van der Waals surface area contributed by atoms with Crippen LogP contribution in [0.4, 0.5) is 38.0 Å². The lowest BCUT2D eigenvalue weighted by Crippen LogP contribution is -2.24. The summed E-state index contributed by atoms with van der Waals surface area (Å²) in [6.07, 6.45) is -2.76. The van der Waals surface area contributed by atoms with E-state index in [0.29, 0.717) is 55.6 Å². The van der Waals surface area contributed by atoms with E-state index in [0.717, 1.165) is 35.1 Å². The molecule has 4 N–H and O–H groups in total. The Bertz CT molecular complexity index is 3050. The number of halogens is 8. The van der Waals surface area contributed by atoms with Gasteiger partial charge in [-0.2, -0.15) is 36.5 Å². The average molecular weight is 1020 g/mol. The quantitative estimate of drug-likeness (QED) is 0.103. The number of fused-ring (bicyclic) bond motifs is 2. The van der Waals surface area contributed by atoms with E-state index in [1.54, 1.807) is 37.3 Å². The van der Waals surface area contributed by atoms with Crippen molar-refractivity contribution in [2.24, 2.45) is 14.1 Å². The van der Waals surface area contributed by atoms with Crippen molar-refractivity contribution < 1.29 is 45.5 Å². The summed E-state index contributed by atoms with van der Waals surface area (Å²) in [5.74, 6) is -3.00. The van der Waals surface area contributed by atoms with Gasteiger partial charge in [0.1, 0.15) is 55.4 Å². The van der Waals surface area contributed by atoms with Crippen molar-refractivity contribution in [2.75, 3.05) is 10.6 Å². The number of carbonyl (C=O) groups is 4. The first kappa shape index (κ1) is 48.6. The molecule has 8 aromatic rings. The summed E-state index contributed by atoms with van der Waals surface area (Å²) in [6, 6.07) is 1.29. The van der Waals surface area contributed by atoms with Gasteiger partial charge in [0.15, 0.2) is 11.3 Å². The highest BCUT2D eigenvalue weighted by molar-refractivity contribution is 7.14. The molecular weight excluding hydrogens is 994 g/mol. The van der Waals surface area contributed by atoms with Gasteiger partial charge in [0, 0.05) is 26.5 Å². The molecule has 8 heterocycles. The van der Waals surface area contributed by atoms with Gasteiger partial charge in [-0.05, 0) is 26.0 Å². The molecule has 68 heavy (non-hydrogen) atoms. The van der Waals surface area contributed by atoms with E-state index >= 15 is 0 Å².